The molecule has 2 unspecified atom stereocenters. The third kappa shape index (κ3) is 1.65. The van der Waals surface area contributed by atoms with Gasteiger partial charge in [-0.15, -0.1) is 0 Å². The van der Waals surface area contributed by atoms with Crippen LogP contribution in [0.5, 0.6) is 0 Å². The van der Waals surface area contributed by atoms with E-state index in [1.54, 1.807) is 0 Å². The molecule has 2 fully saturated rings. The highest BCUT2D eigenvalue weighted by Crippen LogP contribution is 2.48. The SMILES string of the molecule is CC(NC1CCN(C)C1=O)C1(C)CC1. The van der Waals surface area contributed by atoms with Gasteiger partial charge >= 0.3 is 0 Å². The van der Waals surface area contributed by atoms with E-state index in [0.717, 1.165) is 13.0 Å². The molecule has 1 aliphatic carbocycles. The summed E-state index contributed by atoms with van der Waals surface area (Å²) in [5.74, 6) is 0.265. The molecule has 1 saturated carbocycles. The number of likely N-dealkylation sites (tertiary alicyclic amines) is 1. The molecule has 1 amide bonds. The van der Waals surface area contributed by atoms with E-state index in [-0.39, 0.29) is 11.9 Å². The average molecular weight is 196 g/mol. The molecular weight excluding hydrogens is 176 g/mol. The maximum absolute atomic E-state index is 11.7. The quantitative estimate of drug-likeness (QED) is 0.730. The van der Waals surface area contributed by atoms with Crippen LogP contribution in [0.2, 0.25) is 0 Å². The normalized spacial score (nSPS) is 32.1. The molecule has 0 spiro atoms. The number of likely N-dealkylation sites (N-methyl/N-ethyl adjacent to an activating group) is 1. The van der Waals surface area contributed by atoms with Crippen LogP contribution < -0.4 is 5.32 Å². The lowest BCUT2D eigenvalue weighted by molar-refractivity contribution is -0.128. The average Bonchev–Trinajstić information content (AvgIpc) is 2.83. The molecule has 0 radical (unpaired) electrons. The summed E-state index contributed by atoms with van der Waals surface area (Å²) in [7, 11) is 1.88. The van der Waals surface area contributed by atoms with Gasteiger partial charge in [0.25, 0.3) is 0 Å². The lowest BCUT2D eigenvalue weighted by atomic mass is 9.99. The van der Waals surface area contributed by atoms with Gasteiger partial charge in [-0.2, -0.15) is 0 Å². The molecular formula is C11H20N2O. The summed E-state index contributed by atoms with van der Waals surface area (Å²) in [5.41, 5.74) is 0.460. The van der Waals surface area contributed by atoms with E-state index >= 15 is 0 Å². The van der Waals surface area contributed by atoms with Gasteiger partial charge in [-0.25, -0.2) is 0 Å². The zero-order valence-corrected chi connectivity index (χ0v) is 9.34. The topological polar surface area (TPSA) is 32.3 Å². The van der Waals surface area contributed by atoms with Crippen LogP contribution in [0.1, 0.15) is 33.1 Å². The first-order valence-electron chi connectivity index (χ1n) is 5.54. The smallest absolute Gasteiger partial charge is 0.239 e. The molecule has 0 aromatic carbocycles. The minimum Gasteiger partial charge on any atom is -0.344 e. The summed E-state index contributed by atoms with van der Waals surface area (Å²) in [6.45, 7) is 5.41. The molecule has 2 aliphatic rings. The van der Waals surface area contributed by atoms with Crippen molar-refractivity contribution in [3.05, 3.63) is 0 Å². The molecule has 3 nitrogen and oxygen atoms in total. The lowest BCUT2D eigenvalue weighted by Gasteiger charge is -2.23. The van der Waals surface area contributed by atoms with E-state index in [1.807, 2.05) is 11.9 Å². The number of carbonyl (C=O) groups excluding carboxylic acids is 1. The Labute approximate surface area is 85.8 Å². The van der Waals surface area contributed by atoms with Crippen LogP contribution in [0.4, 0.5) is 0 Å². The van der Waals surface area contributed by atoms with Crippen molar-refractivity contribution in [3.63, 3.8) is 0 Å². The Bertz CT molecular complexity index is 248. The van der Waals surface area contributed by atoms with E-state index in [9.17, 15) is 4.79 Å². The summed E-state index contributed by atoms with van der Waals surface area (Å²) in [5, 5.41) is 3.47. The molecule has 1 N–H and O–H groups in total. The van der Waals surface area contributed by atoms with Gasteiger partial charge in [0.15, 0.2) is 0 Å². The Morgan fingerprint density at radius 1 is 1.57 bits per heavy atom. The second kappa shape index (κ2) is 3.23. The Morgan fingerprint density at radius 2 is 2.21 bits per heavy atom. The molecule has 14 heavy (non-hydrogen) atoms. The Hall–Kier alpha value is -0.570. The van der Waals surface area contributed by atoms with Crippen LogP contribution in [-0.2, 0) is 4.79 Å². The van der Waals surface area contributed by atoms with Crippen molar-refractivity contribution >= 4 is 5.91 Å². The number of hydrogen-bond donors (Lipinski definition) is 1. The van der Waals surface area contributed by atoms with Crippen LogP contribution in [0.3, 0.4) is 0 Å². The second-order valence-corrected chi connectivity index (χ2v) is 5.14. The van der Waals surface area contributed by atoms with E-state index in [2.05, 4.69) is 19.2 Å². The summed E-state index contributed by atoms with van der Waals surface area (Å²) in [6, 6.07) is 0.551. The highest BCUT2D eigenvalue weighted by molar-refractivity contribution is 5.83. The predicted octanol–water partition coefficient (Wildman–Crippen LogP) is 0.995. The highest BCUT2D eigenvalue weighted by atomic mass is 16.2. The first-order chi connectivity index (χ1) is 6.53. The van der Waals surface area contributed by atoms with E-state index in [4.69, 9.17) is 0 Å². The standard InChI is InChI=1S/C11H20N2O/c1-8(11(2)5-6-11)12-9-4-7-13(3)10(9)14/h8-9,12H,4-7H2,1-3H3. The molecule has 0 bridgehead atoms. The minimum absolute atomic E-state index is 0.0763. The van der Waals surface area contributed by atoms with Gasteiger partial charge < -0.3 is 10.2 Å². The largest absolute Gasteiger partial charge is 0.344 e. The van der Waals surface area contributed by atoms with E-state index in [1.165, 1.54) is 12.8 Å². The van der Waals surface area contributed by atoms with Gasteiger partial charge in [0.05, 0.1) is 6.04 Å². The number of amides is 1. The third-order valence-electron chi connectivity index (χ3n) is 3.96. The number of rotatable bonds is 3. The Kier molecular flexibility index (Phi) is 2.30. The summed E-state index contributed by atoms with van der Waals surface area (Å²) in [4.78, 5) is 13.5. The van der Waals surface area contributed by atoms with Crippen LogP contribution in [0, 0.1) is 5.41 Å². The van der Waals surface area contributed by atoms with Gasteiger partial charge in [-0.05, 0) is 31.6 Å². The van der Waals surface area contributed by atoms with Crippen molar-refractivity contribution in [2.24, 2.45) is 5.41 Å². The molecule has 0 aromatic heterocycles. The van der Waals surface area contributed by atoms with Crippen LogP contribution in [0.15, 0.2) is 0 Å². The fourth-order valence-electron chi connectivity index (χ4n) is 2.11. The number of hydrogen-bond acceptors (Lipinski definition) is 2. The van der Waals surface area contributed by atoms with Crippen molar-refractivity contribution in [2.75, 3.05) is 13.6 Å². The molecule has 1 saturated heterocycles. The Balaban J connectivity index is 1.89. The molecule has 2 rings (SSSR count). The summed E-state index contributed by atoms with van der Waals surface area (Å²) in [6.07, 6.45) is 3.57. The molecule has 1 heterocycles. The Morgan fingerprint density at radius 3 is 2.64 bits per heavy atom. The van der Waals surface area contributed by atoms with Crippen molar-refractivity contribution in [3.8, 4) is 0 Å². The highest BCUT2D eigenvalue weighted by Gasteiger charge is 2.44. The van der Waals surface area contributed by atoms with Gasteiger partial charge in [0.2, 0.25) is 5.91 Å². The van der Waals surface area contributed by atoms with Gasteiger partial charge in [0.1, 0.15) is 0 Å². The van der Waals surface area contributed by atoms with Crippen molar-refractivity contribution < 1.29 is 4.79 Å². The zero-order chi connectivity index (χ0) is 10.3. The van der Waals surface area contributed by atoms with E-state index < -0.39 is 0 Å². The number of nitrogens with zero attached hydrogens (tertiary/aromatic N) is 1. The molecule has 3 heteroatoms. The van der Waals surface area contributed by atoms with Crippen LogP contribution in [0.25, 0.3) is 0 Å². The van der Waals surface area contributed by atoms with Gasteiger partial charge in [0, 0.05) is 19.6 Å². The molecule has 1 aliphatic heterocycles. The molecule has 0 aromatic rings. The lowest BCUT2D eigenvalue weighted by Crippen LogP contribution is -2.45. The van der Waals surface area contributed by atoms with Crippen LogP contribution >= 0.6 is 0 Å². The predicted molar refractivity (Wildman–Crippen MR) is 56.0 cm³/mol. The van der Waals surface area contributed by atoms with Crippen molar-refractivity contribution in [2.45, 2.75) is 45.2 Å². The summed E-state index contributed by atoms with van der Waals surface area (Å²) < 4.78 is 0. The fourth-order valence-corrected chi connectivity index (χ4v) is 2.11. The number of carbonyl (C=O) groups is 1. The number of nitrogens with one attached hydrogen (secondary N) is 1. The monoisotopic (exact) mass is 196 g/mol. The van der Waals surface area contributed by atoms with Crippen LogP contribution in [-0.4, -0.2) is 36.5 Å². The maximum Gasteiger partial charge on any atom is 0.239 e. The summed E-state index contributed by atoms with van der Waals surface area (Å²) >= 11 is 0. The third-order valence-corrected chi connectivity index (χ3v) is 3.96. The van der Waals surface area contributed by atoms with Crippen molar-refractivity contribution in [1.29, 1.82) is 0 Å². The van der Waals surface area contributed by atoms with Crippen molar-refractivity contribution in [1.82, 2.24) is 10.2 Å². The van der Waals surface area contributed by atoms with Gasteiger partial charge in [-0.1, -0.05) is 6.92 Å². The maximum atomic E-state index is 11.7. The second-order valence-electron chi connectivity index (χ2n) is 5.14. The minimum atomic E-state index is 0.0763. The van der Waals surface area contributed by atoms with Gasteiger partial charge in [-0.3, -0.25) is 4.79 Å². The molecule has 80 valence electrons. The molecule has 2 atom stereocenters. The van der Waals surface area contributed by atoms with E-state index in [0.29, 0.717) is 11.5 Å². The first kappa shape index (κ1) is 9.97. The zero-order valence-electron chi connectivity index (χ0n) is 9.34. The fraction of sp³-hybridized carbons (Fsp3) is 0.909. The first-order valence-corrected chi connectivity index (χ1v) is 5.54.